The lowest BCUT2D eigenvalue weighted by Crippen LogP contribution is -2.20. The zero-order chi connectivity index (χ0) is 15.6. The third kappa shape index (κ3) is 3.02. The predicted octanol–water partition coefficient (Wildman–Crippen LogP) is 1.26. The van der Waals surface area contributed by atoms with Crippen LogP contribution in [0.4, 0.5) is 0 Å². The zero-order valence-corrected chi connectivity index (χ0v) is 12.6. The highest BCUT2D eigenvalue weighted by molar-refractivity contribution is 5.81. The third-order valence-electron chi connectivity index (χ3n) is 4.07. The van der Waals surface area contributed by atoms with Crippen molar-refractivity contribution in [3.8, 4) is 11.5 Å². The van der Waals surface area contributed by atoms with Crippen molar-refractivity contribution in [3.05, 3.63) is 28.8 Å². The van der Waals surface area contributed by atoms with Crippen LogP contribution in [0, 0.1) is 0 Å². The molecular weight excluding hydrogens is 300 g/mol. The first-order chi connectivity index (χ1) is 11.3. The van der Waals surface area contributed by atoms with Crippen LogP contribution in [0.5, 0.6) is 11.5 Å². The number of benzene rings is 1. The van der Waals surface area contributed by atoms with Crippen molar-refractivity contribution in [1.82, 2.24) is 9.97 Å². The molecule has 0 saturated carbocycles. The molecule has 7 heteroatoms. The Balaban J connectivity index is 1.71. The number of ether oxygens (including phenoxy) is 4. The first kappa shape index (κ1) is 14.5. The molecule has 2 aliphatic rings. The molecule has 2 aliphatic heterocycles. The molecule has 1 aromatic carbocycles. The highest BCUT2D eigenvalue weighted by Crippen LogP contribution is 2.34. The minimum atomic E-state index is -0.196. The molecule has 0 aliphatic carbocycles. The van der Waals surface area contributed by atoms with Crippen LogP contribution in [0.25, 0.3) is 10.9 Å². The molecule has 0 spiro atoms. The second-order valence-corrected chi connectivity index (χ2v) is 5.75. The van der Waals surface area contributed by atoms with Gasteiger partial charge < -0.3 is 23.9 Å². The SMILES string of the molecule is O=c1[nH]cnc2cc(O[C@@H]3CCOC3)c(OC3CCOC3)cc12. The van der Waals surface area contributed by atoms with Crippen LogP contribution >= 0.6 is 0 Å². The number of aromatic amines is 1. The van der Waals surface area contributed by atoms with Gasteiger partial charge in [-0.15, -0.1) is 0 Å². The Kier molecular flexibility index (Phi) is 3.88. The average Bonchev–Trinajstić information content (AvgIpc) is 3.22. The van der Waals surface area contributed by atoms with E-state index in [0.717, 1.165) is 12.8 Å². The molecule has 0 amide bonds. The van der Waals surface area contributed by atoms with Crippen molar-refractivity contribution < 1.29 is 18.9 Å². The van der Waals surface area contributed by atoms with E-state index in [9.17, 15) is 4.79 Å². The summed E-state index contributed by atoms with van der Waals surface area (Å²) in [7, 11) is 0. The number of hydrogen-bond donors (Lipinski definition) is 1. The van der Waals surface area contributed by atoms with Gasteiger partial charge in [-0.1, -0.05) is 0 Å². The monoisotopic (exact) mass is 318 g/mol. The maximum absolute atomic E-state index is 12.0. The molecule has 2 aromatic rings. The molecular formula is C16H18N2O5. The molecule has 1 aromatic heterocycles. The molecule has 0 radical (unpaired) electrons. The van der Waals surface area contributed by atoms with Gasteiger partial charge in [0.15, 0.2) is 11.5 Å². The number of hydrogen-bond acceptors (Lipinski definition) is 6. The summed E-state index contributed by atoms with van der Waals surface area (Å²) < 4.78 is 22.7. The second kappa shape index (κ2) is 6.17. The highest BCUT2D eigenvalue weighted by atomic mass is 16.6. The van der Waals surface area contributed by atoms with Gasteiger partial charge in [-0.3, -0.25) is 4.79 Å². The molecule has 0 bridgehead atoms. The first-order valence-corrected chi connectivity index (χ1v) is 7.80. The van der Waals surface area contributed by atoms with Gasteiger partial charge in [0, 0.05) is 18.9 Å². The zero-order valence-electron chi connectivity index (χ0n) is 12.6. The molecule has 23 heavy (non-hydrogen) atoms. The van der Waals surface area contributed by atoms with Crippen LogP contribution in [0.15, 0.2) is 23.3 Å². The molecule has 122 valence electrons. The first-order valence-electron chi connectivity index (χ1n) is 7.80. The Morgan fingerprint density at radius 3 is 2.30 bits per heavy atom. The number of nitrogens with zero attached hydrogens (tertiary/aromatic N) is 1. The van der Waals surface area contributed by atoms with Crippen molar-refractivity contribution in [2.24, 2.45) is 0 Å². The summed E-state index contributed by atoms with van der Waals surface area (Å²) in [4.78, 5) is 18.8. The third-order valence-corrected chi connectivity index (χ3v) is 4.07. The van der Waals surface area contributed by atoms with Crippen LogP contribution in [-0.2, 0) is 9.47 Å². The van der Waals surface area contributed by atoms with E-state index in [2.05, 4.69) is 9.97 Å². The predicted molar refractivity (Wildman–Crippen MR) is 82.1 cm³/mol. The number of H-pyrrole nitrogens is 1. The number of fused-ring (bicyclic) bond motifs is 1. The Morgan fingerprint density at radius 2 is 1.70 bits per heavy atom. The van der Waals surface area contributed by atoms with Gasteiger partial charge in [-0.2, -0.15) is 0 Å². The van der Waals surface area contributed by atoms with E-state index in [-0.39, 0.29) is 17.8 Å². The van der Waals surface area contributed by atoms with Crippen molar-refractivity contribution >= 4 is 10.9 Å². The summed E-state index contributed by atoms with van der Waals surface area (Å²) in [5.41, 5.74) is 0.385. The molecule has 1 unspecified atom stereocenters. The van der Waals surface area contributed by atoms with Crippen LogP contribution in [0.3, 0.4) is 0 Å². The Labute approximate surface area is 132 Å². The molecule has 2 saturated heterocycles. The van der Waals surface area contributed by atoms with Crippen molar-refractivity contribution in [3.63, 3.8) is 0 Å². The van der Waals surface area contributed by atoms with Gasteiger partial charge in [0.1, 0.15) is 12.2 Å². The van der Waals surface area contributed by atoms with Gasteiger partial charge in [0.25, 0.3) is 5.56 Å². The van der Waals surface area contributed by atoms with Crippen LogP contribution in [0.2, 0.25) is 0 Å². The summed E-state index contributed by atoms with van der Waals surface area (Å²) in [6.07, 6.45) is 3.03. The molecule has 2 atom stereocenters. The highest BCUT2D eigenvalue weighted by Gasteiger charge is 2.23. The van der Waals surface area contributed by atoms with Crippen LogP contribution < -0.4 is 15.0 Å². The number of nitrogens with one attached hydrogen (secondary N) is 1. The van der Waals surface area contributed by atoms with E-state index in [0.29, 0.717) is 48.8 Å². The summed E-state index contributed by atoms with van der Waals surface area (Å²) in [6, 6.07) is 3.46. The molecule has 3 heterocycles. The topological polar surface area (TPSA) is 82.7 Å². The summed E-state index contributed by atoms with van der Waals surface area (Å²) in [6.45, 7) is 2.50. The summed E-state index contributed by atoms with van der Waals surface area (Å²) >= 11 is 0. The van der Waals surface area contributed by atoms with E-state index in [1.807, 2.05) is 0 Å². The van der Waals surface area contributed by atoms with Gasteiger partial charge in [-0.05, 0) is 6.07 Å². The Bertz CT molecular complexity index is 748. The fourth-order valence-electron chi connectivity index (χ4n) is 2.83. The minimum absolute atomic E-state index is 0.00313. The molecule has 2 fully saturated rings. The standard InChI is InChI=1S/C16H18N2O5/c19-16-12-5-14(22-10-1-3-20-7-10)15(6-13(12)17-9-18-16)23-11-2-4-21-8-11/h5-6,9-11H,1-4,7-8H2,(H,17,18,19)/t10?,11-/m1/s1. The van der Waals surface area contributed by atoms with E-state index in [1.54, 1.807) is 12.1 Å². The lowest BCUT2D eigenvalue weighted by molar-refractivity contribution is 0.123. The normalized spacial score (nSPS) is 24.2. The van der Waals surface area contributed by atoms with Gasteiger partial charge >= 0.3 is 0 Å². The summed E-state index contributed by atoms with van der Waals surface area (Å²) in [5.74, 6) is 1.15. The lowest BCUT2D eigenvalue weighted by atomic mass is 10.2. The molecule has 1 N–H and O–H groups in total. The quantitative estimate of drug-likeness (QED) is 0.914. The largest absolute Gasteiger partial charge is 0.484 e. The molecule has 7 nitrogen and oxygen atoms in total. The fourth-order valence-corrected chi connectivity index (χ4v) is 2.83. The number of rotatable bonds is 4. The van der Waals surface area contributed by atoms with E-state index in [4.69, 9.17) is 18.9 Å². The smallest absolute Gasteiger partial charge is 0.258 e. The van der Waals surface area contributed by atoms with Gasteiger partial charge in [0.2, 0.25) is 0 Å². The van der Waals surface area contributed by atoms with Gasteiger partial charge in [0.05, 0.1) is 43.7 Å². The van der Waals surface area contributed by atoms with Crippen molar-refractivity contribution in [2.75, 3.05) is 26.4 Å². The van der Waals surface area contributed by atoms with E-state index < -0.39 is 0 Å². The molecule has 4 rings (SSSR count). The minimum Gasteiger partial charge on any atom is -0.484 e. The average molecular weight is 318 g/mol. The van der Waals surface area contributed by atoms with Crippen LogP contribution in [-0.4, -0.2) is 48.6 Å². The van der Waals surface area contributed by atoms with E-state index in [1.165, 1.54) is 6.33 Å². The number of aromatic nitrogens is 2. The van der Waals surface area contributed by atoms with Gasteiger partial charge in [-0.25, -0.2) is 4.98 Å². The lowest BCUT2D eigenvalue weighted by Gasteiger charge is -2.19. The maximum Gasteiger partial charge on any atom is 0.258 e. The Morgan fingerprint density at radius 1 is 1.04 bits per heavy atom. The maximum atomic E-state index is 12.0. The van der Waals surface area contributed by atoms with Crippen molar-refractivity contribution in [2.45, 2.75) is 25.0 Å². The second-order valence-electron chi connectivity index (χ2n) is 5.75. The van der Waals surface area contributed by atoms with E-state index >= 15 is 0 Å². The Hall–Kier alpha value is -2.12. The summed E-state index contributed by atoms with van der Waals surface area (Å²) in [5, 5.41) is 0.483. The van der Waals surface area contributed by atoms with Crippen molar-refractivity contribution in [1.29, 1.82) is 0 Å². The van der Waals surface area contributed by atoms with Crippen LogP contribution in [0.1, 0.15) is 12.8 Å². The fraction of sp³-hybridized carbons (Fsp3) is 0.500.